The number of hydrogen-bond acceptors (Lipinski definition) is 3. The van der Waals surface area contributed by atoms with Gasteiger partial charge in [-0.2, -0.15) is 5.26 Å². The summed E-state index contributed by atoms with van der Waals surface area (Å²) in [6, 6.07) is 19.1. The molecule has 0 aliphatic rings. The summed E-state index contributed by atoms with van der Waals surface area (Å²) >= 11 is 0. The van der Waals surface area contributed by atoms with E-state index in [0.29, 0.717) is 6.54 Å². The zero-order valence-electron chi connectivity index (χ0n) is 12.3. The van der Waals surface area contributed by atoms with Crippen molar-refractivity contribution in [1.82, 2.24) is 5.32 Å². The molecule has 2 aromatic rings. The molecule has 0 radical (unpaired) electrons. The molecule has 0 spiro atoms. The maximum absolute atomic E-state index is 12.0. The molecule has 0 saturated heterocycles. The normalized spacial score (nSPS) is 10.6. The third-order valence-electron chi connectivity index (χ3n) is 3.18. The Morgan fingerprint density at radius 2 is 1.82 bits per heavy atom. The van der Waals surface area contributed by atoms with E-state index in [2.05, 4.69) is 10.6 Å². The highest BCUT2D eigenvalue weighted by molar-refractivity contribution is 5.97. The highest BCUT2D eigenvalue weighted by Crippen LogP contribution is 2.13. The van der Waals surface area contributed by atoms with Crippen LogP contribution in [0.5, 0.6) is 0 Å². The van der Waals surface area contributed by atoms with Crippen LogP contribution >= 0.6 is 0 Å². The quantitative estimate of drug-likeness (QED) is 0.657. The second kappa shape index (κ2) is 7.65. The number of rotatable bonds is 5. The Hall–Kier alpha value is -3.06. The molecule has 0 aliphatic heterocycles. The Morgan fingerprint density at radius 3 is 2.50 bits per heavy atom. The summed E-state index contributed by atoms with van der Waals surface area (Å²) in [6.07, 6.45) is 1.43. The van der Waals surface area contributed by atoms with Crippen LogP contribution in [0, 0.1) is 18.3 Å². The second-order valence-electron chi connectivity index (χ2n) is 4.80. The number of aryl methyl sites for hydroxylation is 1. The average Bonchev–Trinajstić information content (AvgIpc) is 2.56. The average molecular weight is 291 g/mol. The van der Waals surface area contributed by atoms with Crippen molar-refractivity contribution in [2.45, 2.75) is 13.5 Å². The lowest BCUT2D eigenvalue weighted by Gasteiger charge is -2.07. The zero-order chi connectivity index (χ0) is 15.8. The maximum Gasteiger partial charge on any atom is 0.263 e. The zero-order valence-corrected chi connectivity index (χ0v) is 12.3. The van der Waals surface area contributed by atoms with Crippen molar-refractivity contribution in [3.05, 3.63) is 77.5 Å². The van der Waals surface area contributed by atoms with Crippen LogP contribution in [-0.4, -0.2) is 5.91 Å². The molecule has 1 amide bonds. The minimum Gasteiger partial charge on any atom is -0.360 e. The number of benzene rings is 2. The smallest absolute Gasteiger partial charge is 0.263 e. The summed E-state index contributed by atoms with van der Waals surface area (Å²) in [5.74, 6) is -0.396. The standard InChI is InChI=1S/C18H17N3O/c1-14-7-5-6-10-17(14)20-13-16(11-19)18(22)21-12-15-8-3-2-4-9-15/h2-10,13,20H,12H2,1H3,(H,21,22)/b16-13-. The fourth-order valence-electron chi connectivity index (χ4n) is 1.91. The molecule has 4 nitrogen and oxygen atoms in total. The number of nitrogens with one attached hydrogen (secondary N) is 2. The number of carbonyl (C=O) groups is 1. The van der Waals surface area contributed by atoms with Gasteiger partial charge in [-0.3, -0.25) is 4.79 Å². The van der Waals surface area contributed by atoms with Crippen LogP contribution in [0.1, 0.15) is 11.1 Å². The van der Waals surface area contributed by atoms with E-state index >= 15 is 0 Å². The van der Waals surface area contributed by atoms with Gasteiger partial charge in [-0.15, -0.1) is 0 Å². The topological polar surface area (TPSA) is 64.9 Å². The first-order valence-corrected chi connectivity index (χ1v) is 6.95. The van der Waals surface area contributed by atoms with Crippen molar-refractivity contribution >= 4 is 11.6 Å². The molecule has 0 aromatic heterocycles. The van der Waals surface area contributed by atoms with E-state index in [0.717, 1.165) is 16.8 Å². The van der Waals surface area contributed by atoms with Crippen molar-refractivity contribution < 1.29 is 4.79 Å². The van der Waals surface area contributed by atoms with Gasteiger partial charge in [0.2, 0.25) is 0 Å². The van der Waals surface area contributed by atoms with Gasteiger partial charge in [0.05, 0.1) is 0 Å². The molecule has 0 saturated carbocycles. The number of hydrogen-bond donors (Lipinski definition) is 2. The van der Waals surface area contributed by atoms with Gasteiger partial charge in [0.15, 0.2) is 0 Å². The summed E-state index contributed by atoms with van der Waals surface area (Å²) in [6.45, 7) is 2.35. The maximum atomic E-state index is 12.0. The molecule has 110 valence electrons. The lowest BCUT2D eigenvalue weighted by Crippen LogP contribution is -2.24. The Bertz CT molecular complexity index is 715. The first kappa shape index (κ1) is 15.3. The molecular weight excluding hydrogens is 274 g/mol. The first-order valence-electron chi connectivity index (χ1n) is 6.95. The Morgan fingerprint density at radius 1 is 1.14 bits per heavy atom. The molecule has 2 aromatic carbocycles. The predicted octanol–water partition coefficient (Wildman–Crippen LogP) is 3.13. The second-order valence-corrected chi connectivity index (χ2v) is 4.80. The van der Waals surface area contributed by atoms with Gasteiger partial charge in [-0.1, -0.05) is 48.5 Å². The van der Waals surface area contributed by atoms with Crippen molar-refractivity contribution in [3.63, 3.8) is 0 Å². The van der Waals surface area contributed by atoms with Gasteiger partial charge >= 0.3 is 0 Å². The SMILES string of the molecule is Cc1ccccc1N/C=C(/C#N)C(=O)NCc1ccccc1. The van der Waals surface area contributed by atoms with Crippen molar-refractivity contribution in [3.8, 4) is 6.07 Å². The predicted molar refractivity (Wildman–Crippen MR) is 86.8 cm³/mol. The van der Waals surface area contributed by atoms with Crippen LogP contribution in [0.25, 0.3) is 0 Å². The Kier molecular flexibility index (Phi) is 5.33. The van der Waals surface area contributed by atoms with E-state index in [1.165, 1.54) is 6.20 Å². The molecule has 0 bridgehead atoms. The van der Waals surface area contributed by atoms with E-state index in [-0.39, 0.29) is 5.57 Å². The largest absolute Gasteiger partial charge is 0.360 e. The van der Waals surface area contributed by atoms with Gasteiger partial charge < -0.3 is 10.6 Å². The summed E-state index contributed by atoms with van der Waals surface area (Å²) in [5, 5.41) is 14.9. The lowest BCUT2D eigenvalue weighted by molar-refractivity contribution is -0.117. The summed E-state index contributed by atoms with van der Waals surface area (Å²) in [5.41, 5.74) is 2.94. The highest BCUT2D eigenvalue weighted by atomic mass is 16.1. The molecule has 4 heteroatoms. The van der Waals surface area contributed by atoms with Gasteiger partial charge in [0, 0.05) is 18.4 Å². The summed E-state index contributed by atoms with van der Waals surface area (Å²) < 4.78 is 0. The van der Waals surface area contributed by atoms with Crippen LogP contribution in [-0.2, 0) is 11.3 Å². The van der Waals surface area contributed by atoms with Crippen LogP contribution in [0.3, 0.4) is 0 Å². The third kappa shape index (κ3) is 4.22. The fourth-order valence-corrected chi connectivity index (χ4v) is 1.91. The van der Waals surface area contributed by atoms with Crippen molar-refractivity contribution in [2.24, 2.45) is 0 Å². The van der Waals surface area contributed by atoms with E-state index in [4.69, 9.17) is 5.26 Å². The molecular formula is C18H17N3O. The molecule has 0 atom stereocenters. The van der Waals surface area contributed by atoms with Crippen LogP contribution in [0.15, 0.2) is 66.4 Å². The lowest BCUT2D eigenvalue weighted by atomic mass is 10.2. The Labute approximate surface area is 130 Å². The first-order chi connectivity index (χ1) is 10.7. The van der Waals surface area contributed by atoms with Crippen LogP contribution in [0.4, 0.5) is 5.69 Å². The monoisotopic (exact) mass is 291 g/mol. The van der Waals surface area contributed by atoms with Crippen molar-refractivity contribution in [1.29, 1.82) is 5.26 Å². The minimum absolute atomic E-state index is 0.0409. The van der Waals surface area contributed by atoms with Gasteiger partial charge in [0.1, 0.15) is 11.6 Å². The number of amides is 1. The number of anilines is 1. The molecule has 0 heterocycles. The molecule has 2 N–H and O–H groups in total. The number of carbonyl (C=O) groups excluding carboxylic acids is 1. The van der Waals surface area contributed by atoms with E-state index in [9.17, 15) is 4.79 Å². The minimum atomic E-state index is -0.396. The molecule has 22 heavy (non-hydrogen) atoms. The third-order valence-corrected chi connectivity index (χ3v) is 3.18. The van der Waals surface area contributed by atoms with E-state index in [1.807, 2.05) is 67.6 Å². The number of para-hydroxylation sites is 1. The van der Waals surface area contributed by atoms with E-state index < -0.39 is 5.91 Å². The molecule has 0 aliphatic carbocycles. The van der Waals surface area contributed by atoms with Crippen LogP contribution < -0.4 is 10.6 Å². The van der Waals surface area contributed by atoms with Crippen molar-refractivity contribution in [2.75, 3.05) is 5.32 Å². The van der Waals surface area contributed by atoms with Gasteiger partial charge in [-0.05, 0) is 24.1 Å². The highest BCUT2D eigenvalue weighted by Gasteiger charge is 2.08. The van der Waals surface area contributed by atoms with E-state index in [1.54, 1.807) is 0 Å². The number of nitrogens with zero attached hydrogens (tertiary/aromatic N) is 1. The fraction of sp³-hybridized carbons (Fsp3) is 0.111. The summed E-state index contributed by atoms with van der Waals surface area (Å²) in [4.78, 5) is 12.0. The molecule has 0 unspecified atom stereocenters. The van der Waals surface area contributed by atoms with Gasteiger partial charge in [-0.25, -0.2) is 0 Å². The number of nitriles is 1. The molecule has 2 rings (SSSR count). The van der Waals surface area contributed by atoms with Gasteiger partial charge in [0.25, 0.3) is 5.91 Å². The molecule has 0 fully saturated rings. The summed E-state index contributed by atoms with van der Waals surface area (Å²) in [7, 11) is 0. The Balaban J connectivity index is 1.99. The van der Waals surface area contributed by atoms with Crippen LogP contribution in [0.2, 0.25) is 0 Å².